The summed E-state index contributed by atoms with van der Waals surface area (Å²) in [6.45, 7) is 4.17. The van der Waals surface area contributed by atoms with Crippen LogP contribution in [0.3, 0.4) is 0 Å². The Hall–Kier alpha value is -3.44. The highest BCUT2D eigenvalue weighted by Crippen LogP contribution is 2.19. The van der Waals surface area contributed by atoms with Gasteiger partial charge in [-0.2, -0.15) is 0 Å². The number of hydrogen-bond donors (Lipinski definition) is 3. The molecule has 0 saturated carbocycles. The molecule has 31 heavy (non-hydrogen) atoms. The van der Waals surface area contributed by atoms with E-state index in [-0.39, 0.29) is 30.9 Å². The van der Waals surface area contributed by atoms with Crippen LogP contribution in [0.5, 0.6) is 0 Å². The molecule has 160 valence electrons. The SMILES string of the molecule is Cc1cccc(NC(=O)CNC(=O)C[NH+](C)C(c2ccccc2)c2ccccc2)c1C. The summed E-state index contributed by atoms with van der Waals surface area (Å²) in [5.74, 6) is -0.396. The van der Waals surface area contributed by atoms with Gasteiger partial charge in [-0.25, -0.2) is 0 Å². The van der Waals surface area contributed by atoms with Crippen molar-refractivity contribution in [2.24, 2.45) is 0 Å². The Morgan fingerprint density at radius 1 is 0.806 bits per heavy atom. The Morgan fingerprint density at radius 3 is 1.97 bits per heavy atom. The monoisotopic (exact) mass is 416 g/mol. The molecule has 0 fully saturated rings. The molecule has 0 saturated heterocycles. The topological polar surface area (TPSA) is 62.6 Å². The Bertz CT molecular complexity index is 980. The van der Waals surface area contributed by atoms with E-state index in [0.717, 1.165) is 32.8 Å². The number of hydrogen-bond acceptors (Lipinski definition) is 2. The lowest BCUT2D eigenvalue weighted by Gasteiger charge is -2.25. The van der Waals surface area contributed by atoms with E-state index in [1.165, 1.54) is 0 Å². The number of rotatable bonds is 8. The number of carbonyl (C=O) groups is 2. The van der Waals surface area contributed by atoms with Crippen molar-refractivity contribution in [3.63, 3.8) is 0 Å². The van der Waals surface area contributed by atoms with E-state index in [0.29, 0.717) is 0 Å². The van der Waals surface area contributed by atoms with Crippen molar-refractivity contribution in [1.82, 2.24) is 5.32 Å². The highest BCUT2D eigenvalue weighted by atomic mass is 16.2. The third kappa shape index (κ3) is 6.03. The van der Waals surface area contributed by atoms with E-state index in [1.54, 1.807) is 0 Å². The number of nitrogens with one attached hydrogen (secondary N) is 3. The molecule has 0 aliphatic rings. The average molecular weight is 417 g/mol. The Kier molecular flexibility index (Phi) is 7.57. The maximum Gasteiger partial charge on any atom is 0.275 e. The van der Waals surface area contributed by atoms with Gasteiger partial charge < -0.3 is 15.5 Å². The van der Waals surface area contributed by atoms with Crippen LogP contribution in [0.2, 0.25) is 0 Å². The molecule has 0 aliphatic carbocycles. The van der Waals surface area contributed by atoms with Crippen LogP contribution in [0.4, 0.5) is 5.69 Å². The minimum atomic E-state index is -0.234. The molecule has 2 amide bonds. The summed E-state index contributed by atoms with van der Waals surface area (Å²) in [7, 11) is 2.00. The Labute approximate surface area is 184 Å². The maximum atomic E-state index is 12.6. The zero-order chi connectivity index (χ0) is 22.2. The highest BCUT2D eigenvalue weighted by Gasteiger charge is 2.25. The van der Waals surface area contributed by atoms with E-state index >= 15 is 0 Å². The number of likely N-dealkylation sites (N-methyl/N-ethyl adjacent to an activating group) is 1. The molecule has 0 aromatic heterocycles. The van der Waals surface area contributed by atoms with Crippen molar-refractivity contribution in [3.8, 4) is 0 Å². The van der Waals surface area contributed by atoms with Crippen LogP contribution in [0.25, 0.3) is 0 Å². The van der Waals surface area contributed by atoms with E-state index in [2.05, 4.69) is 34.9 Å². The van der Waals surface area contributed by atoms with Crippen molar-refractivity contribution >= 4 is 17.5 Å². The first-order valence-corrected chi connectivity index (χ1v) is 10.5. The first-order valence-electron chi connectivity index (χ1n) is 10.5. The summed E-state index contributed by atoms with van der Waals surface area (Å²) < 4.78 is 0. The molecule has 1 unspecified atom stereocenters. The summed E-state index contributed by atoms with van der Waals surface area (Å²) in [5.41, 5.74) is 5.20. The fourth-order valence-electron chi connectivity index (χ4n) is 3.73. The van der Waals surface area contributed by atoms with E-state index < -0.39 is 0 Å². The number of quaternary nitrogens is 1. The van der Waals surface area contributed by atoms with Crippen LogP contribution in [0, 0.1) is 13.8 Å². The predicted molar refractivity (Wildman–Crippen MR) is 124 cm³/mol. The lowest BCUT2D eigenvalue weighted by Crippen LogP contribution is -3.10. The number of benzene rings is 3. The van der Waals surface area contributed by atoms with Gasteiger partial charge in [0.1, 0.15) is 6.04 Å². The lowest BCUT2D eigenvalue weighted by atomic mass is 9.97. The van der Waals surface area contributed by atoms with Crippen molar-refractivity contribution in [1.29, 1.82) is 0 Å². The molecule has 5 heteroatoms. The normalized spacial score (nSPS) is 11.7. The minimum absolute atomic E-state index is 0.0249. The molecule has 0 heterocycles. The van der Waals surface area contributed by atoms with Crippen LogP contribution in [-0.2, 0) is 9.59 Å². The average Bonchev–Trinajstić information content (AvgIpc) is 2.77. The van der Waals surface area contributed by atoms with E-state index in [1.807, 2.05) is 75.5 Å². The van der Waals surface area contributed by atoms with Crippen molar-refractivity contribution in [3.05, 3.63) is 101 Å². The molecule has 0 spiro atoms. The van der Waals surface area contributed by atoms with Gasteiger partial charge in [0.2, 0.25) is 5.91 Å². The smallest absolute Gasteiger partial charge is 0.275 e. The van der Waals surface area contributed by atoms with Crippen molar-refractivity contribution in [2.75, 3.05) is 25.5 Å². The van der Waals surface area contributed by atoms with Gasteiger partial charge >= 0.3 is 0 Å². The van der Waals surface area contributed by atoms with Crippen LogP contribution in [0.1, 0.15) is 28.3 Å². The zero-order valence-corrected chi connectivity index (χ0v) is 18.3. The number of anilines is 1. The molecule has 0 radical (unpaired) electrons. The highest BCUT2D eigenvalue weighted by molar-refractivity contribution is 5.95. The third-order valence-electron chi connectivity index (χ3n) is 5.52. The molecule has 5 nitrogen and oxygen atoms in total. The predicted octanol–water partition coefficient (Wildman–Crippen LogP) is 2.66. The summed E-state index contributed by atoms with van der Waals surface area (Å²) >= 11 is 0. The van der Waals surface area contributed by atoms with Gasteiger partial charge in [-0.3, -0.25) is 9.59 Å². The molecule has 1 atom stereocenters. The molecule has 3 aromatic rings. The molecular weight excluding hydrogens is 386 g/mol. The fourth-order valence-corrected chi connectivity index (χ4v) is 3.73. The second-order valence-electron chi connectivity index (χ2n) is 7.85. The maximum absolute atomic E-state index is 12.6. The van der Waals surface area contributed by atoms with Gasteiger partial charge in [0, 0.05) is 16.8 Å². The van der Waals surface area contributed by atoms with Crippen LogP contribution in [-0.4, -0.2) is 32.0 Å². The number of aryl methyl sites for hydroxylation is 1. The minimum Gasteiger partial charge on any atom is -0.342 e. The fraction of sp³-hybridized carbons (Fsp3) is 0.231. The molecule has 3 N–H and O–H groups in total. The summed E-state index contributed by atoms with van der Waals surface area (Å²) in [6.07, 6.45) is 0. The van der Waals surface area contributed by atoms with Crippen molar-refractivity contribution < 1.29 is 14.5 Å². The summed E-state index contributed by atoms with van der Waals surface area (Å²) in [5, 5.41) is 5.63. The van der Waals surface area contributed by atoms with Crippen molar-refractivity contribution in [2.45, 2.75) is 19.9 Å². The second-order valence-corrected chi connectivity index (χ2v) is 7.85. The Balaban J connectivity index is 1.60. The van der Waals surface area contributed by atoms with Gasteiger partial charge in [0.25, 0.3) is 5.91 Å². The van der Waals surface area contributed by atoms with Gasteiger partial charge in [-0.1, -0.05) is 72.8 Å². The van der Waals surface area contributed by atoms with E-state index in [4.69, 9.17) is 0 Å². The summed E-state index contributed by atoms with van der Waals surface area (Å²) in [4.78, 5) is 25.9. The standard InChI is InChI=1S/C26H29N3O2/c1-19-11-10-16-23(20(19)2)28-24(30)17-27-25(31)18-29(3)26(21-12-6-4-7-13-21)22-14-8-5-9-15-22/h4-16,26H,17-18H2,1-3H3,(H,27,31)(H,28,30)/p+1. The first kappa shape index (κ1) is 22.2. The zero-order valence-electron chi connectivity index (χ0n) is 18.3. The molecule has 0 bridgehead atoms. The van der Waals surface area contributed by atoms with Gasteiger partial charge in [0.05, 0.1) is 13.6 Å². The van der Waals surface area contributed by atoms with Crippen LogP contribution in [0.15, 0.2) is 78.9 Å². The lowest BCUT2D eigenvalue weighted by molar-refractivity contribution is -0.898. The second kappa shape index (κ2) is 10.5. The molecular formula is C26H30N3O2+. The Morgan fingerprint density at radius 2 is 1.39 bits per heavy atom. The summed E-state index contributed by atoms with van der Waals surface area (Å²) in [6, 6.07) is 26.1. The number of carbonyl (C=O) groups excluding carboxylic acids is 2. The largest absolute Gasteiger partial charge is 0.342 e. The third-order valence-corrected chi connectivity index (χ3v) is 5.52. The quantitative estimate of drug-likeness (QED) is 0.529. The van der Waals surface area contributed by atoms with Crippen LogP contribution >= 0.6 is 0 Å². The van der Waals surface area contributed by atoms with Gasteiger partial charge in [-0.05, 0) is 31.0 Å². The number of amides is 2. The molecule has 3 rings (SSSR count). The molecule has 3 aromatic carbocycles. The van der Waals surface area contributed by atoms with Crippen LogP contribution < -0.4 is 15.5 Å². The first-order chi connectivity index (χ1) is 15.0. The van der Waals surface area contributed by atoms with Gasteiger partial charge in [-0.15, -0.1) is 0 Å². The van der Waals surface area contributed by atoms with Gasteiger partial charge in [0.15, 0.2) is 6.54 Å². The molecule has 0 aliphatic heterocycles. The van der Waals surface area contributed by atoms with E-state index in [9.17, 15) is 9.59 Å².